The second-order valence-electron chi connectivity index (χ2n) is 11.2. The molecule has 9 nitrogen and oxygen atoms in total. The molecule has 0 bridgehead atoms. The highest BCUT2D eigenvalue weighted by atomic mass is 19.1. The Kier molecular flexibility index (Phi) is 8.90. The average molecular weight is 560 g/mol. The molecule has 216 valence electrons. The van der Waals surface area contributed by atoms with E-state index in [2.05, 4.69) is 32.0 Å². The highest BCUT2D eigenvalue weighted by molar-refractivity contribution is 5.97. The number of hydrogen-bond donors (Lipinski definition) is 1. The summed E-state index contributed by atoms with van der Waals surface area (Å²) in [5, 5.41) is 10.8. The summed E-state index contributed by atoms with van der Waals surface area (Å²) in [6.07, 6.45) is 7.52. The fraction of sp³-hybridized carbons (Fsp3) is 0.419. The number of benzene rings is 2. The molecule has 0 radical (unpaired) electrons. The van der Waals surface area contributed by atoms with E-state index in [0.717, 1.165) is 37.2 Å². The van der Waals surface area contributed by atoms with Crippen molar-refractivity contribution < 1.29 is 14.0 Å². The molecule has 0 spiro atoms. The third kappa shape index (κ3) is 6.89. The van der Waals surface area contributed by atoms with Crippen molar-refractivity contribution >= 4 is 11.8 Å². The number of carbonyl (C=O) groups is 2. The molecule has 3 aromatic rings. The van der Waals surface area contributed by atoms with Crippen LogP contribution in [0.1, 0.15) is 41.1 Å². The van der Waals surface area contributed by atoms with Gasteiger partial charge >= 0.3 is 0 Å². The first kappa shape index (κ1) is 28.6. The van der Waals surface area contributed by atoms with E-state index >= 15 is 0 Å². The van der Waals surface area contributed by atoms with Crippen LogP contribution in [0.25, 0.3) is 5.69 Å². The first-order chi connectivity index (χ1) is 19.8. The lowest BCUT2D eigenvalue weighted by Crippen LogP contribution is -2.63. The van der Waals surface area contributed by atoms with Crippen molar-refractivity contribution in [3.63, 3.8) is 0 Å². The van der Waals surface area contributed by atoms with E-state index in [4.69, 9.17) is 0 Å². The fourth-order valence-corrected chi connectivity index (χ4v) is 5.50. The number of rotatable bonds is 13. The Hall–Kier alpha value is -3.89. The number of hydrogen-bond acceptors (Lipinski definition) is 6. The Bertz CT molecular complexity index is 1320. The number of nitrogens with zero attached hydrogens (tertiary/aromatic N) is 6. The van der Waals surface area contributed by atoms with Crippen LogP contribution in [0.3, 0.4) is 0 Å². The minimum Gasteiger partial charge on any atom is -0.340 e. The highest BCUT2D eigenvalue weighted by Gasteiger charge is 2.42. The topological polar surface area (TPSA) is 86.6 Å². The molecule has 2 aromatic carbocycles. The van der Waals surface area contributed by atoms with Crippen LogP contribution >= 0.6 is 0 Å². The van der Waals surface area contributed by atoms with Crippen molar-refractivity contribution in [2.75, 3.05) is 40.3 Å². The van der Waals surface area contributed by atoms with E-state index in [-0.39, 0.29) is 17.6 Å². The Balaban J connectivity index is 1.21. The van der Waals surface area contributed by atoms with E-state index in [1.54, 1.807) is 41.3 Å². The van der Waals surface area contributed by atoms with E-state index in [1.807, 2.05) is 37.2 Å². The molecule has 2 amide bonds. The zero-order chi connectivity index (χ0) is 28.9. The molecule has 2 heterocycles. The molecule has 1 saturated heterocycles. The lowest BCUT2D eigenvalue weighted by molar-refractivity contribution is -0.140. The second-order valence-corrected chi connectivity index (χ2v) is 11.2. The highest BCUT2D eigenvalue weighted by Crippen LogP contribution is 2.44. The number of nitrogens with one attached hydrogen (secondary N) is 1. The number of likely N-dealkylation sites (N-methyl/N-ethyl adjacent to an activating group) is 1. The molecule has 1 N–H and O–H groups in total. The van der Waals surface area contributed by atoms with E-state index in [9.17, 15) is 14.0 Å². The van der Waals surface area contributed by atoms with E-state index in [1.165, 1.54) is 12.1 Å². The van der Waals surface area contributed by atoms with Gasteiger partial charge in [-0.2, -0.15) is 0 Å². The predicted octanol–water partition coefficient (Wildman–Crippen LogP) is 3.10. The van der Waals surface area contributed by atoms with Gasteiger partial charge in [0.15, 0.2) is 0 Å². The second kappa shape index (κ2) is 12.7. The Morgan fingerprint density at radius 1 is 1.15 bits per heavy atom. The number of halogens is 1. The van der Waals surface area contributed by atoms with Gasteiger partial charge in [0.2, 0.25) is 5.91 Å². The van der Waals surface area contributed by atoms with Crippen LogP contribution in [0, 0.1) is 5.82 Å². The number of carbonyl (C=O) groups excluding carboxylic acids is 2. The summed E-state index contributed by atoms with van der Waals surface area (Å²) < 4.78 is 15.0. The third-order valence-corrected chi connectivity index (χ3v) is 8.15. The van der Waals surface area contributed by atoms with Gasteiger partial charge in [0, 0.05) is 43.2 Å². The molecule has 2 aliphatic rings. The summed E-state index contributed by atoms with van der Waals surface area (Å²) in [5.74, 6) is -0.171. The molecular formula is C31H38FN7O2. The number of aromatic nitrogens is 3. The minimum atomic E-state index is -0.613. The van der Waals surface area contributed by atoms with Gasteiger partial charge < -0.3 is 15.1 Å². The molecule has 3 atom stereocenters. The van der Waals surface area contributed by atoms with Gasteiger partial charge in [-0.15, -0.1) is 11.7 Å². The fourth-order valence-electron chi connectivity index (χ4n) is 5.50. The summed E-state index contributed by atoms with van der Waals surface area (Å²) >= 11 is 0. The maximum absolute atomic E-state index is 13.5. The van der Waals surface area contributed by atoms with Gasteiger partial charge in [0.25, 0.3) is 5.91 Å². The van der Waals surface area contributed by atoms with Crippen molar-refractivity contribution in [2.24, 2.45) is 0 Å². The maximum atomic E-state index is 13.5. The first-order valence-electron chi connectivity index (χ1n) is 14.2. The van der Waals surface area contributed by atoms with Gasteiger partial charge in [-0.1, -0.05) is 23.4 Å². The predicted molar refractivity (Wildman–Crippen MR) is 155 cm³/mol. The summed E-state index contributed by atoms with van der Waals surface area (Å²) in [6.45, 7) is 6.77. The van der Waals surface area contributed by atoms with Crippen LogP contribution in [0.2, 0.25) is 0 Å². The SMILES string of the molecule is C=CCN(CCC[C@H](NC(=O)c1ccc(-n2ccnn2)cc1)C(=O)N1CC(N(C)C)C1)[C@@H]1C[C@H]1c1ccc(F)cc1. The van der Waals surface area contributed by atoms with Crippen molar-refractivity contribution in [1.29, 1.82) is 0 Å². The Morgan fingerprint density at radius 3 is 2.51 bits per heavy atom. The number of amides is 2. The zero-order valence-corrected chi connectivity index (χ0v) is 23.7. The standard InChI is InChI=1S/C31H38FN7O2/c1-4-16-37(29-19-27(29)22-7-11-24(32)12-8-22)17-5-6-28(31(41)38-20-26(21-38)36(2)3)34-30(40)23-9-13-25(14-10-23)39-18-15-33-35-39/h4,7-15,18,26-29H,1,5-6,16-17,19-21H2,2-3H3,(H,34,40)/t27-,28-,29+/m0/s1. The van der Waals surface area contributed by atoms with Gasteiger partial charge in [-0.3, -0.25) is 14.5 Å². The van der Waals surface area contributed by atoms with Crippen LogP contribution in [0.15, 0.2) is 73.6 Å². The maximum Gasteiger partial charge on any atom is 0.251 e. The van der Waals surface area contributed by atoms with Gasteiger partial charge in [0.1, 0.15) is 11.9 Å². The van der Waals surface area contributed by atoms with Crippen molar-refractivity contribution in [2.45, 2.75) is 43.3 Å². The summed E-state index contributed by atoms with van der Waals surface area (Å²) in [7, 11) is 4.03. The Morgan fingerprint density at radius 2 is 1.88 bits per heavy atom. The zero-order valence-electron chi connectivity index (χ0n) is 23.7. The molecule has 2 fully saturated rings. The van der Waals surface area contributed by atoms with Crippen molar-refractivity contribution in [1.82, 2.24) is 35.0 Å². The van der Waals surface area contributed by atoms with Gasteiger partial charge in [0.05, 0.1) is 18.1 Å². The van der Waals surface area contributed by atoms with Crippen molar-refractivity contribution in [3.05, 3.63) is 90.5 Å². The van der Waals surface area contributed by atoms with Crippen LogP contribution in [-0.4, -0.2) is 99.9 Å². The van der Waals surface area contributed by atoms with Crippen LogP contribution < -0.4 is 5.32 Å². The first-order valence-corrected chi connectivity index (χ1v) is 14.2. The average Bonchev–Trinajstić information content (AvgIpc) is 3.53. The molecule has 1 aliphatic heterocycles. The van der Waals surface area contributed by atoms with Crippen LogP contribution in [-0.2, 0) is 4.79 Å². The van der Waals surface area contributed by atoms with E-state index < -0.39 is 6.04 Å². The lowest BCUT2D eigenvalue weighted by atomic mass is 10.0. The molecular weight excluding hydrogens is 521 g/mol. The molecule has 5 rings (SSSR count). The third-order valence-electron chi connectivity index (χ3n) is 8.15. The molecule has 1 aromatic heterocycles. The van der Waals surface area contributed by atoms with Crippen molar-refractivity contribution in [3.8, 4) is 5.69 Å². The van der Waals surface area contributed by atoms with E-state index in [0.29, 0.717) is 43.1 Å². The Labute approximate surface area is 240 Å². The van der Waals surface area contributed by atoms with Gasteiger partial charge in [-0.05, 0) is 81.9 Å². The lowest BCUT2D eigenvalue weighted by Gasteiger charge is -2.44. The molecule has 1 aliphatic carbocycles. The largest absolute Gasteiger partial charge is 0.340 e. The molecule has 10 heteroatoms. The molecule has 1 saturated carbocycles. The smallest absolute Gasteiger partial charge is 0.251 e. The van der Waals surface area contributed by atoms with Crippen LogP contribution in [0.4, 0.5) is 4.39 Å². The molecule has 0 unspecified atom stereocenters. The van der Waals surface area contributed by atoms with Gasteiger partial charge in [-0.25, -0.2) is 9.07 Å². The number of likely N-dealkylation sites (tertiary alicyclic amines) is 1. The summed E-state index contributed by atoms with van der Waals surface area (Å²) in [6, 6.07) is 13.9. The quantitative estimate of drug-likeness (QED) is 0.324. The monoisotopic (exact) mass is 559 g/mol. The normalized spacial score (nSPS) is 19.2. The summed E-state index contributed by atoms with van der Waals surface area (Å²) in [4.78, 5) is 33.0. The minimum absolute atomic E-state index is 0.0402. The summed E-state index contributed by atoms with van der Waals surface area (Å²) in [5.41, 5.74) is 2.42. The van der Waals surface area contributed by atoms with Crippen LogP contribution in [0.5, 0.6) is 0 Å². The molecule has 41 heavy (non-hydrogen) atoms.